The monoisotopic (exact) mass is 1620 g/mol. The lowest BCUT2D eigenvalue weighted by Gasteiger charge is -2.52. The van der Waals surface area contributed by atoms with Crippen LogP contribution in [0.15, 0.2) is 0 Å². The van der Waals surface area contributed by atoms with Crippen molar-refractivity contribution in [3.63, 3.8) is 0 Å². The molecule has 0 unspecified atom stereocenters. The number of rotatable bonds is 28. The van der Waals surface area contributed by atoms with Crippen molar-refractivity contribution in [2.45, 2.75) is 311 Å². The van der Waals surface area contributed by atoms with Crippen LogP contribution in [0.25, 0.3) is 0 Å². The van der Waals surface area contributed by atoms with Crippen LogP contribution in [0.1, 0.15) is 34.6 Å². The number of aliphatic hydroxyl groups is 24. The van der Waals surface area contributed by atoms with Crippen molar-refractivity contribution in [1.29, 1.82) is 0 Å². The Bertz CT molecular complexity index is 2950. The van der Waals surface area contributed by atoms with Crippen molar-refractivity contribution in [1.82, 2.24) is 21.3 Å². The maximum atomic E-state index is 13.2. The second kappa shape index (κ2) is 39.7. The number of amides is 4. The molecule has 9 rings (SSSR count). The van der Waals surface area contributed by atoms with Crippen LogP contribution in [0.2, 0.25) is 0 Å². The summed E-state index contributed by atoms with van der Waals surface area (Å²) in [6.45, 7) is -3.44. The molecule has 0 aliphatic carbocycles. The summed E-state index contributed by atoms with van der Waals surface area (Å²) in [5.41, 5.74) is 0. The molecule has 49 heteroatoms. The van der Waals surface area contributed by atoms with Gasteiger partial charge in [0.15, 0.2) is 56.6 Å². The van der Waals surface area contributed by atoms with Gasteiger partial charge >= 0.3 is 0 Å². The fourth-order valence-electron chi connectivity index (χ4n) is 14.3. The smallest absolute Gasteiger partial charge is 0.217 e. The van der Waals surface area contributed by atoms with E-state index in [2.05, 4.69) is 21.3 Å². The summed E-state index contributed by atoms with van der Waals surface area (Å²) in [6, 6.07) is -7.53. The molecule has 49 nitrogen and oxygen atoms in total. The average molecular weight is 1630 g/mol. The first kappa shape index (κ1) is 91.1. The maximum absolute atomic E-state index is 13.2. The molecule has 0 spiro atoms. The van der Waals surface area contributed by atoms with Crippen LogP contribution in [-0.2, 0) is 99.7 Å². The predicted molar refractivity (Wildman–Crippen MR) is 342 cm³/mol. The van der Waals surface area contributed by atoms with Crippen molar-refractivity contribution in [2.75, 3.05) is 52.9 Å². The Morgan fingerprint density at radius 3 is 1.00 bits per heavy atom. The summed E-state index contributed by atoms with van der Waals surface area (Å²) in [6.07, 6.45) is -83.9. The van der Waals surface area contributed by atoms with Gasteiger partial charge in [0.25, 0.3) is 0 Å². The Labute approximate surface area is 629 Å². The highest BCUT2D eigenvalue weighted by molar-refractivity contribution is 5.74. The molecule has 0 saturated carbocycles. The van der Waals surface area contributed by atoms with Gasteiger partial charge < -0.3 is 224 Å². The second-order valence-electron chi connectivity index (χ2n) is 28.2. The summed E-state index contributed by atoms with van der Waals surface area (Å²) in [7, 11) is 0. The van der Waals surface area contributed by atoms with Gasteiger partial charge in [0, 0.05) is 27.7 Å². The van der Waals surface area contributed by atoms with E-state index in [1.807, 2.05) is 0 Å². The second-order valence-corrected chi connectivity index (χ2v) is 28.2. The lowest BCUT2D eigenvalue weighted by atomic mass is 9.93. The van der Waals surface area contributed by atoms with E-state index in [4.69, 9.17) is 80.5 Å². The largest absolute Gasteiger partial charge is 0.394 e. The first-order chi connectivity index (χ1) is 52.4. The molecule has 28 N–H and O–H groups in total. The van der Waals surface area contributed by atoms with Crippen molar-refractivity contribution in [3.8, 4) is 0 Å². The van der Waals surface area contributed by atoms with Gasteiger partial charge in [-0.25, -0.2) is 0 Å². The highest BCUT2D eigenvalue weighted by Crippen LogP contribution is 2.40. The standard InChI is InChI=1S/C62H104N4O45/c1-14-31(77)40(86)43(89)58(97-14)96-13-26-51(37(83)27(54(94)98-26)63-15(2)73)107-56-29(65-17(4)75)38(84)49(23(10-71)102-56)109-61-47(93)52(35(81)25(105-61)12-95-59-44(90)41(87)33(79)20(7-68)100-59)110-62-53(46(92)50(24(11-72)104-62)106-55-28(64-16(3)74)36(82)32(78)19(6-67)99-55)111-57-30(66-18(5)76)39(85)48(22(9-70)103-57)108-60-45(91)42(88)34(80)21(8-69)101-60/h14,19-62,67-72,77-94H,6-13H2,1-5H3,(H,63,73)(H,64,74)(H,65,75)(H,66,76)/t14-,19+,20+,21+,22+,23+,24+,25+,26+,27+,28+,29+,30+,31+,32+,33+,34-,35+,36+,37+,38+,39+,40+,41-,42-,43-,44-,45+,46-,47-,48+,49+,50+,51+,52-,53-,54+,55-,56-,57-,58+,59-,60-,61-,62+/m0/s1. The van der Waals surface area contributed by atoms with Crippen LogP contribution in [0, 0.1) is 0 Å². The number of carbonyl (C=O) groups is 4. The van der Waals surface area contributed by atoms with Crippen molar-refractivity contribution < 1.29 is 222 Å². The molecule has 0 aromatic carbocycles. The van der Waals surface area contributed by atoms with Gasteiger partial charge in [0.05, 0.1) is 59.0 Å². The van der Waals surface area contributed by atoms with Gasteiger partial charge in [0.2, 0.25) is 23.6 Å². The summed E-state index contributed by atoms with van der Waals surface area (Å²) in [5, 5.41) is 276. The first-order valence-corrected chi connectivity index (χ1v) is 35.5. The molecule has 45 atom stereocenters. The van der Waals surface area contributed by atoms with Crippen LogP contribution in [0.4, 0.5) is 0 Å². The Kier molecular flexibility index (Phi) is 32.6. The zero-order valence-corrected chi connectivity index (χ0v) is 59.9. The highest BCUT2D eigenvalue weighted by atomic mass is 16.8. The van der Waals surface area contributed by atoms with Gasteiger partial charge in [0.1, 0.15) is 213 Å². The fraction of sp³-hybridized carbons (Fsp3) is 0.935. The quantitative estimate of drug-likeness (QED) is 0.0346. The zero-order chi connectivity index (χ0) is 81.8. The lowest BCUT2D eigenvalue weighted by Crippen LogP contribution is -2.71. The Balaban J connectivity index is 1.07. The average Bonchev–Trinajstić information content (AvgIpc) is 0.764. The highest BCUT2D eigenvalue weighted by Gasteiger charge is 2.61. The van der Waals surface area contributed by atoms with Gasteiger partial charge in [-0.1, -0.05) is 0 Å². The van der Waals surface area contributed by atoms with E-state index in [9.17, 15) is 142 Å². The molecule has 9 fully saturated rings. The van der Waals surface area contributed by atoms with Gasteiger partial charge in [-0.15, -0.1) is 0 Å². The van der Waals surface area contributed by atoms with Gasteiger partial charge in [-0.2, -0.15) is 0 Å². The number of hydrogen-bond donors (Lipinski definition) is 28. The molecule has 4 amide bonds. The van der Waals surface area contributed by atoms with E-state index in [1.165, 1.54) is 6.92 Å². The first-order valence-electron chi connectivity index (χ1n) is 35.5. The number of carbonyl (C=O) groups excluding carboxylic acids is 4. The summed E-state index contributed by atoms with van der Waals surface area (Å²) >= 11 is 0. The number of hydrogen-bond acceptors (Lipinski definition) is 45. The van der Waals surface area contributed by atoms with E-state index < -0.39 is 353 Å². The van der Waals surface area contributed by atoms with Crippen LogP contribution in [0.3, 0.4) is 0 Å². The maximum Gasteiger partial charge on any atom is 0.217 e. The molecule has 642 valence electrons. The molecule has 0 aromatic rings. The normalized spacial score (nSPS) is 49.3. The van der Waals surface area contributed by atoms with E-state index >= 15 is 0 Å². The van der Waals surface area contributed by atoms with Crippen molar-refractivity contribution in [2.24, 2.45) is 0 Å². The minimum atomic E-state index is -2.59. The Morgan fingerprint density at radius 2 is 0.550 bits per heavy atom. The number of ether oxygens (including phenoxy) is 17. The molecule has 9 saturated heterocycles. The third-order valence-electron chi connectivity index (χ3n) is 20.3. The van der Waals surface area contributed by atoms with E-state index in [-0.39, 0.29) is 0 Å². The van der Waals surface area contributed by atoms with Crippen molar-refractivity contribution >= 4 is 23.6 Å². The molecule has 111 heavy (non-hydrogen) atoms. The molecular formula is C62H104N4O45. The summed E-state index contributed by atoms with van der Waals surface area (Å²) in [4.78, 5) is 51.3. The van der Waals surface area contributed by atoms with Crippen LogP contribution in [0.5, 0.6) is 0 Å². The van der Waals surface area contributed by atoms with E-state index in [1.54, 1.807) is 0 Å². The molecule has 0 aromatic heterocycles. The zero-order valence-electron chi connectivity index (χ0n) is 59.9. The summed E-state index contributed by atoms with van der Waals surface area (Å²) < 4.78 is 101. The van der Waals surface area contributed by atoms with Crippen LogP contribution >= 0.6 is 0 Å². The van der Waals surface area contributed by atoms with Crippen LogP contribution in [-0.4, -0.2) is 475 Å². The summed E-state index contributed by atoms with van der Waals surface area (Å²) in [5.74, 6) is -3.66. The lowest BCUT2D eigenvalue weighted by molar-refractivity contribution is -0.404. The third kappa shape index (κ3) is 20.3. The molecule has 9 heterocycles. The topological polar surface area (TPSA) is 759 Å². The van der Waals surface area contributed by atoms with Crippen molar-refractivity contribution in [3.05, 3.63) is 0 Å². The van der Waals surface area contributed by atoms with Gasteiger partial charge in [-0.3, -0.25) is 19.2 Å². The predicted octanol–water partition coefficient (Wildman–Crippen LogP) is -19.0. The number of aliphatic hydroxyl groups excluding tert-OH is 24. The molecule has 0 bridgehead atoms. The van der Waals surface area contributed by atoms with Gasteiger partial charge in [-0.05, 0) is 6.92 Å². The Hall–Kier alpha value is -3.76. The number of nitrogens with one attached hydrogen (secondary N) is 4. The SMILES string of the molecule is CC(=O)N[C@@H]1[C@@H](O)[C@H](O[C@@H]2O[C@H](CO)[C@@H](O[C@@H]3O[C@H](CO[C@H]4O[C@H](CO)[C@@H](O)[C@H](O)[C@@H]4O)[C@@H](O)[C@H](O[C@H]4O[C@H](CO)[C@@H](O[C@@H]5O[C@H](CO)[C@@H](O)[C@H](O)[C@H]5NC(C)=O)[C@H](O)[C@@H]4O[C@@H]4O[C@H](CO)[C@@H](O[C@@H]5O[C@H](CO)[C@H](O)[C@H](O)[C@H]5O)[C@H](O)[C@H]4NC(C)=O)[C@@H]3O)[C@H](O)[C@H]2NC(C)=O)[C@@H](CO[C@@H]2O[C@@H](C)[C@@H](O)[C@@H](O)[C@@H]2O)O[C@H]1O. The third-order valence-corrected chi connectivity index (χ3v) is 20.3. The minimum absolute atomic E-state index is 0.826. The molecular weight excluding hydrogens is 1520 g/mol. The minimum Gasteiger partial charge on any atom is -0.394 e. The van der Waals surface area contributed by atoms with E-state index in [0.717, 1.165) is 27.7 Å². The Morgan fingerprint density at radius 1 is 0.252 bits per heavy atom. The molecule has 9 aliphatic heterocycles. The molecule has 9 aliphatic rings. The van der Waals surface area contributed by atoms with E-state index in [0.29, 0.717) is 0 Å². The molecule has 0 radical (unpaired) electrons. The van der Waals surface area contributed by atoms with Crippen LogP contribution < -0.4 is 21.3 Å². The fourth-order valence-corrected chi connectivity index (χ4v) is 14.3.